The van der Waals surface area contributed by atoms with Crippen LogP contribution in [0.4, 0.5) is 4.79 Å². The van der Waals surface area contributed by atoms with Gasteiger partial charge in [-0.25, -0.2) is 9.59 Å². The summed E-state index contributed by atoms with van der Waals surface area (Å²) in [5.41, 5.74) is 6.19. The number of rotatable bonds is 5. The number of carbonyl (C=O) groups excluding carboxylic acids is 2. The molecular formula is C11H16N4O4. The van der Waals surface area contributed by atoms with Crippen molar-refractivity contribution in [2.45, 2.75) is 32.7 Å². The average molecular weight is 268 g/mol. The maximum atomic E-state index is 11.8. The molecule has 0 aromatic carbocycles. The number of nitrogens with two attached hydrogens (primary N) is 1. The van der Waals surface area contributed by atoms with E-state index in [0.717, 1.165) is 4.68 Å². The van der Waals surface area contributed by atoms with Gasteiger partial charge in [0.25, 0.3) is 0 Å². The Morgan fingerprint density at radius 3 is 2.53 bits per heavy atom. The maximum absolute atomic E-state index is 11.8. The molecule has 0 fully saturated rings. The standard InChI is InChI=1S/C11H16N4O4/c1-6-5-7(2)15(14-6)11(19)13-8(10(17)18)3-4-9(12)16/h5,8H,3-4H2,1-2H3,(H2,12,16)(H,13,19)(H,17,18)/t8-/m0/s1. The molecule has 0 saturated heterocycles. The summed E-state index contributed by atoms with van der Waals surface area (Å²) in [6.07, 6.45) is -0.177. The Bertz CT molecular complexity index is 509. The number of amides is 2. The van der Waals surface area contributed by atoms with Crippen molar-refractivity contribution >= 4 is 17.9 Å². The van der Waals surface area contributed by atoms with Gasteiger partial charge in [-0.05, 0) is 26.3 Å². The number of nitrogens with one attached hydrogen (secondary N) is 1. The molecule has 4 N–H and O–H groups in total. The van der Waals surface area contributed by atoms with E-state index in [-0.39, 0.29) is 12.8 Å². The van der Waals surface area contributed by atoms with E-state index in [2.05, 4.69) is 10.4 Å². The van der Waals surface area contributed by atoms with Gasteiger partial charge < -0.3 is 16.2 Å². The highest BCUT2D eigenvalue weighted by atomic mass is 16.4. The third kappa shape index (κ3) is 4.09. The van der Waals surface area contributed by atoms with Crippen molar-refractivity contribution in [3.63, 3.8) is 0 Å². The van der Waals surface area contributed by atoms with Crippen LogP contribution < -0.4 is 11.1 Å². The van der Waals surface area contributed by atoms with E-state index in [1.165, 1.54) is 0 Å². The van der Waals surface area contributed by atoms with Gasteiger partial charge in [0, 0.05) is 12.1 Å². The van der Waals surface area contributed by atoms with Crippen molar-refractivity contribution in [1.29, 1.82) is 0 Å². The topological polar surface area (TPSA) is 127 Å². The Balaban J connectivity index is 2.74. The van der Waals surface area contributed by atoms with Gasteiger partial charge in [0.1, 0.15) is 6.04 Å². The van der Waals surface area contributed by atoms with Crippen molar-refractivity contribution < 1.29 is 19.5 Å². The van der Waals surface area contributed by atoms with Crippen molar-refractivity contribution in [2.24, 2.45) is 5.73 Å². The summed E-state index contributed by atoms with van der Waals surface area (Å²) in [7, 11) is 0. The molecule has 0 bridgehead atoms. The fourth-order valence-electron chi connectivity index (χ4n) is 1.59. The Labute approximate surface area is 109 Å². The Hall–Kier alpha value is -2.38. The third-order valence-electron chi connectivity index (χ3n) is 2.48. The highest BCUT2D eigenvalue weighted by Crippen LogP contribution is 2.03. The molecule has 0 aliphatic carbocycles. The first-order chi connectivity index (χ1) is 8.81. The van der Waals surface area contributed by atoms with Crippen molar-refractivity contribution in [3.8, 4) is 0 Å². The first-order valence-corrected chi connectivity index (χ1v) is 5.66. The summed E-state index contributed by atoms with van der Waals surface area (Å²) >= 11 is 0. The summed E-state index contributed by atoms with van der Waals surface area (Å²) in [6, 6.07) is -0.134. The molecule has 104 valence electrons. The lowest BCUT2D eigenvalue weighted by molar-refractivity contribution is -0.139. The highest BCUT2D eigenvalue weighted by Gasteiger charge is 2.22. The monoisotopic (exact) mass is 268 g/mol. The van der Waals surface area contributed by atoms with E-state index in [1.807, 2.05) is 0 Å². The van der Waals surface area contributed by atoms with Gasteiger partial charge in [-0.1, -0.05) is 0 Å². The first kappa shape index (κ1) is 14.7. The van der Waals surface area contributed by atoms with Crippen LogP contribution in [0.25, 0.3) is 0 Å². The molecule has 1 heterocycles. The molecule has 0 aliphatic heterocycles. The highest BCUT2D eigenvalue weighted by molar-refractivity contribution is 5.84. The van der Waals surface area contributed by atoms with E-state index in [0.29, 0.717) is 11.4 Å². The molecule has 1 aromatic rings. The zero-order valence-corrected chi connectivity index (χ0v) is 10.7. The van der Waals surface area contributed by atoms with Crippen LogP contribution in [0.3, 0.4) is 0 Å². The van der Waals surface area contributed by atoms with Gasteiger partial charge >= 0.3 is 12.0 Å². The van der Waals surface area contributed by atoms with E-state index in [1.54, 1.807) is 19.9 Å². The molecule has 8 nitrogen and oxygen atoms in total. The van der Waals surface area contributed by atoms with Gasteiger partial charge in [-0.3, -0.25) is 4.79 Å². The predicted octanol–water partition coefficient (Wildman–Crippen LogP) is -0.224. The number of nitrogens with zero attached hydrogens (tertiary/aromatic N) is 2. The molecule has 1 rings (SSSR count). The number of hydrogen-bond acceptors (Lipinski definition) is 4. The van der Waals surface area contributed by atoms with Crippen LogP contribution >= 0.6 is 0 Å². The second-order valence-corrected chi connectivity index (χ2v) is 4.18. The lowest BCUT2D eigenvalue weighted by Crippen LogP contribution is -2.43. The molecule has 8 heteroatoms. The normalized spacial score (nSPS) is 11.9. The van der Waals surface area contributed by atoms with Gasteiger partial charge in [0.05, 0.1) is 5.69 Å². The molecule has 0 saturated carbocycles. The summed E-state index contributed by atoms with van der Waals surface area (Å²) in [5.74, 6) is -1.84. The summed E-state index contributed by atoms with van der Waals surface area (Å²) < 4.78 is 1.08. The number of aliphatic carboxylic acids is 1. The Morgan fingerprint density at radius 1 is 1.47 bits per heavy atom. The zero-order chi connectivity index (χ0) is 14.6. The largest absolute Gasteiger partial charge is 0.480 e. The lowest BCUT2D eigenvalue weighted by Gasteiger charge is -2.13. The quantitative estimate of drug-likeness (QED) is 0.680. The van der Waals surface area contributed by atoms with Gasteiger partial charge in [-0.2, -0.15) is 9.78 Å². The second-order valence-electron chi connectivity index (χ2n) is 4.18. The van der Waals surface area contributed by atoms with Crippen LogP contribution in [0.1, 0.15) is 24.2 Å². The van der Waals surface area contributed by atoms with Crippen LogP contribution in [0.2, 0.25) is 0 Å². The second kappa shape index (κ2) is 5.98. The van der Waals surface area contributed by atoms with Crippen LogP contribution in [0.15, 0.2) is 6.07 Å². The Morgan fingerprint density at radius 2 is 2.11 bits per heavy atom. The SMILES string of the molecule is Cc1cc(C)n(C(=O)N[C@@H](CCC(N)=O)C(=O)O)n1. The van der Waals surface area contributed by atoms with Crippen LogP contribution in [-0.4, -0.2) is 38.8 Å². The summed E-state index contributed by atoms with van der Waals surface area (Å²) in [6.45, 7) is 3.40. The van der Waals surface area contributed by atoms with Crippen LogP contribution in [0.5, 0.6) is 0 Å². The number of carbonyl (C=O) groups is 3. The van der Waals surface area contributed by atoms with Gasteiger partial charge in [0.2, 0.25) is 5.91 Å². The molecule has 19 heavy (non-hydrogen) atoms. The number of primary amides is 1. The van der Waals surface area contributed by atoms with Gasteiger partial charge in [0.15, 0.2) is 0 Å². The third-order valence-corrected chi connectivity index (χ3v) is 2.48. The average Bonchev–Trinajstić information content (AvgIpc) is 2.62. The van der Waals surface area contributed by atoms with E-state index in [9.17, 15) is 14.4 Å². The first-order valence-electron chi connectivity index (χ1n) is 5.66. The number of aromatic nitrogens is 2. The lowest BCUT2D eigenvalue weighted by atomic mass is 10.1. The Kier molecular flexibility index (Phi) is 4.62. The summed E-state index contributed by atoms with van der Waals surface area (Å²) in [5, 5.41) is 15.2. The minimum atomic E-state index is -1.23. The molecule has 0 aliphatic rings. The zero-order valence-electron chi connectivity index (χ0n) is 10.7. The molecule has 2 amide bonds. The van der Waals surface area contributed by atoms with Crippen LogP contribution in [0, 0.1) is 13.8 Å². The molecule has 0 radical (unpaired) electrons. The van der Waals surface area contributed by atoms with E-state index < -0.39 is 23.9 Å². The minimum Gasteiger partial charge on any atom is -0.480 e. The fourth-order valence-corrected chi connectivity index (χ4v) is 1.59. The van der Waals surface area contributed by atoms with Gasteiger partial charge in [-0.15, -0.1) is 0 Å². The summed E-state index contributed by atoms with van der Waals surface area (Å²) in [4.78, 5) is 33.5. The number of carboxylic acid groups (broad SMARTS) is 1. The predicted molar refractivity (Wildman–Crippen MR) is 65.5 cm³/mol. The molecule has 1 aromatic heterocycles. The molecule has 0 spiro atoms. The van der Waals surface area contributed by atoms with Crippen molar-refractivity contribution in [3.05, 3.63) is 17.5 Å². The molecule has 1 atom stereocenters. The smallest absolute Gasteiger partial charge is 0.343 e. The number of hydrogen-bond donors (Lipinski definition) is 3. The van der Waals surface area contributed by atoms with E-state index >= 15 is 0 Å². The van der Waals surface area contributed by atoms with Crippen molar-refractivity contribution in [2.75, 3.05) is 0 Å². The number of aryl methyl sites for hydroxylation is 2. The molecular weight excluding hydrogens is 252 g/mol. The number of carboxylic acids is 1. The van der Waals surface area contributed by atoms with Crippen molar-refractivity contribution in [1.82, 2.24) is 15.1 Å². The maximum Gasteiger partial charge on any atom is 0.343 e. The van der Waals surface area contributed by atoms with Crippen LogP contribution in [-0.2, 0) is 9.59 Å². The minimum absolute atomic E-state index is 0.0598. The fraction of sp³-hybridized carbons (Fsp3) is 0.455. The molecule has 0 unspecified atom stereocenters. The van der Waals surface area contributed by atoms with E-state index in [4.69, 9.17) is 10.8 Å².